The van der Waals surface area contributed by atoms with Gasteiger partial charge in [0.1, 0.15) is 0 Å². The Morgan fingerprint density at radius 2 is 2.13 bits per heavy atom. The molecule has 4 atom stereocenters. The van der Waals surface area contributed by atoms with E-state index in [-0.39, 0.29) is 23.4 Å². The monoisotopic (exact) mass is 394 g/mol. The molecule has 1 aromatic rings. The van der Waals surface area contributed by atoms with Gasteiger partial charge >= 0.3 is 138 Å². The Morgan fingerprint density at radius 1 is 1.43 bits per heavy atom. The number of aliphatic hydroxyl groups is 3. The molecule has 1 saturated heterocycles. The van der Waals surface area contributed by atoms with Crippen molar-refractivity contribution < 1.29 is 30.0 Å². The van der Waals surface area contributed by atoms with Crippen molar-refractivity contribution in [1.82, 2.24) is 14.9 Å². The summed E-state index contributed by atoms with van der Waals surface area (Å²) in [4.78, 5) is 26.1. The molecule has 0 amide bonds. The van der Waals surface area contributed by atoms with E-state index in [4.69, 9.17) is 14.9 Å². The molecule has 0 aromatic carbocycles. The Labute approximate surface area is 138 Å². The van der Waals surface area contributed by atoms with Crippen LogP contribution in [0.2, 0.25) is 0 Å². The summed E-state index contributed by atoms with van der Waals surface area (Å²) in [5.74, 6) is -1.07. The first kappa shape index (κ1) is 18.0. The minimum absolute atomic E-state index is 0.0345. The number of hydrogen-bond acceptors (Lipinski definition) is 8. The standard InChI is InChI=1S/C12H16N3O7Se/c16-4-6-8(19)9(20)11(22-6)15-3-5(1-13-2-7(17)18)10(21)14-12(15)23/h3,6,8-9,11,13,16,19-20H,1-2,4H2,(H,17,18)/t6-,8?,9+,11-/m1/s1. The molecule has 2 rings (SSSR count). The van der Waals surface area contributed by atoms with Crippen molar-refractivity contribution in [2.45, 2.75) is 31.1 Å². The molecule has 0 spiro atoms. The molecule has 1 fully saturated rings. The molecule has 1 aromatic heterocycles. The van der Waals surface area contributed by atoms with Crippen LogP contribution >= 0.6 is 0 Å². The van der Waals surface area contributed by atoms with Crippen LogP contribution < -0.4 is 15.6 Å². The van der Waals surface area contributed by atoms with Crippen LogP contribution in [0, 0.1) is 0 Å². The summed E-state index contributed by atoms with van der Waals surface area (Å²) in [6.45, 7) is -0.835. The third kappa shape index (κ3) is 3.96. The van der Waals surface area contributed by atoms with E-state index >= 15 is 0 Å². The van der Waals surface area contributed by atoms with Gasteiger partial charge in [0.05, 0.1) is 0 Å². The number of aliphatic hydroxyl groups excluding tert-OH is 3. The molecule has 1 aliphatic rings. The Bertz CT molecular complexity index is 638. The fourth-order valence-electron chi connectivity index (χ4n) is 2.21. The molecule has 0 aliphatic carbocycles. The number of carboxylic acid groups (broad SMARTS) is 1. The maximum absolute atomic E-state index is 11.8. The molecule has 0 saturated carbocycles. The van der Waals surface area contributed by atoms with Gasteiger partial charge in [-0.3, -0.25) is 0 Å². The number of hydrogen-bond donors (Lipinski definition) is 5. The van der Waals surface area contributed by atoms with E-state index in [9.17, 15) is 19.8 Å². The number of nitrogens with one attached hydrogen (secondary N) is 1. The van der Waals surface area contributed by atoms with Crippen molar-refractivity contribution >= 4 is 26.7 Å². The minimum atomic E-state index is -1.32. The van der Waals surface area contributed by atoms with Crippen LogP contribution in [0.5, 0.6) is 0 Å². The molecule has 23 heavy (non-hydrogen) atoms. The van der Waals surface area contributed by atoms with Gasteiger partial charge in [0.2, 0.25) is 0 Å². The predicted molar refractivity (Wildman–Crippen MR) is 76.2 cm³/mol. The van der Waals surface area contributed by atoms with Crippen molar-refractivity contribution in [1.29, 1.82) is 0 Å². The summed E-state index contributed by atoms with van der Waals surface area (Å²) in [5.41, 5.74) is -0.386. The van der Waals surface area contributed by atoms with Gasteiger partial charge in [-0.1, -0.05) is 0 Å². The molecule has 127 valence electrons. The Hall–Kier alpha value is -1.33. The van der Waals surface area contributed by atoms with Crippen LogP contribution in [0.15, 0.2) is 11.0 Å². The van der Waals surface area contributed by atoms with Gasteiger partial charge in [0.15, 0.2) is 0 Å². The Kier molecular flexibility index (Phi) is 5.87. The summed E-state index contributed by atoms with van der Waals surface area (Å²) >= 11 is 2.56. The average molecular weight is 393 g/mol. The molecule has 1 unspecified atom stereocenters. The normalized spacial score (nSPS) is 27.3. The first-order chi connectivity index (χ1) is 10.8. The van der Waals surface area contributed by atoms with Gasteiger partial charge in [-0.05, 0) is 0 Å². The molecular formula is C12H16N3O7Se. The Morgan fingerprint density at radius 3 is 2.70 bits per heavy atom. The number of rotatable bonds is 6. The van der Waals surface area contributed by atoms with Gasteiger partial charge in [-0.15, -0.1) is 0 Å². The Balaban J connectivity index is 2.25. The zero-order valence-corrected chi connectivity index (χ0v) is 13.5. The summed E-state index contributed by atoms with van der Waals surface area (Å²) in [5, 5.41) is 40.1. The van der Waals surface area contributed by atoms with E-state index in [2.05, 4.69) is 26.3 Å². The molecule has 5 N–H and O–H groups in total. The number of aromatic nitrogens is 2. The third-order valence-electron chi connectivity index (χ3n) is 3.37. The number of nitrogens with zero attached hydrogens (tertiary/aromatic N) is 2. The van der Waals surface area contributed by atoms with E-state index in [1.165, 1.54) is 10.8 Å². The summed E-state index contributed by atoms with van der Waals surface area (Å²) in [6.07, 6.45) is -3.23. The van der Waals surface area contributed by atoms with Crippen LogP contribution in [0.3, 0.4) is 0 Å². The van der Waals surface area contributed by atoms with Gasteiger partial charge in [-0.25, -0.2) is 0 Å². The summed E-state index contributed by atoms with van der Waals surface area (Å²) in [6, 6.07) is 0. The second-order valence-corrected chi connectivity index (χ2v) is 5.75. The van der Waals surface area contributed by atoms with E-state index < -0.39 is 42.7 Å². The van der Waals surface area contributed by atoms with Crippen molar-refractivity contribution in [3.8, 4) is 0 Å². The quantitative estimate of drug-likeness (QED) is 0.303. The van der Waals surface area contributed by atoms with E-state index in [0.29, 0.717) is 0 Å². The van der Waals surface area contributed by atoms with Crippen molar-refractivity contribution in [3.05, 3.63) is 22.1 Å². The van der Waals surface area contributed by atoms with Gasteiger partial charge < -0.3 is 0 Å². The molecule has 10 nitrogen and oxygen atoms in total. The topological polar surface area (TPSA) is 154 Å². The first-order valence-corrected chi connectivity index (χ1v) is 7.54. The SMILES string of the molecule is O=C(O)CNCc1cn([C@@H]2O[C@H](CO)C(O)[C@@H]2O)c([Se])nc1=O. The summed E-state index contributed by atoms with van der Waals surface area (Å²) in [7, 11) is 0. The fourth-order valence-corrected chi connectivity index (χ4v) is 2.71. The number of aliphatic carboxylic acids is 1. The molecule has 1 aliphatic heterocycles. The van der Waals surface area contributed by atoms with Crippen LogP contribution in [0.1, 0.15) is 11.8 Å². The first-order valence-electron chi connectivity index (χ1n) is 6.69. The van der Waals surface area contributed by atoms with E-state index in [0.717, 1.165) is 0 Å². The van der Waals surface area contributed by atoms with Crippen LogP contribution in [0.4, 0.5) is 0 Å². The molecule has 1 radical (unpaired) electrons. The molecule has 11 heteroatoms. The van der Waals surface area contributed by atoms with Crippen molar-refractivity contribution in [2.24, 2.45) is 0 Å². The zero-order valence-electron chi connectivity index (χ0n) is 11.8. The van der Waals surface area contributed by atoms with Gasteiger partial charge in [0.25, 0.3) is 0 Å². The number of ether oxygens (including phenoxy) is 1. The van der Waals surface area contributed by atoms with Crippen LogP contribution in [-0.2, 0) is 16.1 Å². The summed E-state index contributed by atoms with van der Waals surface area (Å²) < 4.78 is 6.83. The maximum atomic E-state index is 11.8. The second kappa shape index (κ2) is 7.49. The second-order valence-electron chi connectivity index (χ2n) is 4.99. The average Bonchev–Trinajstić information content (AvgIpc) is 2.77. The number of carbonyl (C=O) groups is 1. The van der Waals surface area contributed by atoms with Crippen molar-refractivity contribution in [2.75, 3.05) is 13.2 Å². The van der Waals surface area contributed by atoms with Crippen LogP contribution in [-0.4, -0.2) is 83.4 Å². The zero-order chi connectivity index (χ0) is 17.1. The van der Waals surface area contributed by atoms with Gasteiger partial charge in [-0.2, -0.15) is 0 Å². The van der Waals surface area contributed by atoms with Crippen LogP contribution in [0.25, 0.3) is 0 Å². The number of carboxylic acids is 1. The molecule has 0 bridgehead atoms. The van der Waals surface area contributed by atoms with E-state index in [1.807, 2.05) is 0 Å². The molecular weight excluding hydrogens is 377 g/mol. The van der Waals surface area contributed by atoms with E-state index in [1.54, 1.807) is 0 Å². The van der Waals surface area contributed by atoms with Crippen molar-refractivity contribution in [3.63, 3.8) is 0 Å². The molecule has 2 heterocycles. The fraction of sp³-hybridized carbons (Fsp3) is 0.583. The third-order valence-corrected chi connectivity index (χ3v) is 4.00. The van der Waals surface area contributed by atoms with Gasteiger partial charge in [0, 0.05) is 0 Å². The predicted octanol–water partition coefficient (Wildman–Crippen LogP) is -4.18.